The Hall–Kier alpha value is -2.45. The van der Waals surface area contributed by atoms with Gasteiger partial charge >= 0.3 is 0 Å². The van der Waals surface area contributed by atoms with Gasteiger partial charge in [-0.1, -0.05) is 39.0 Å². The molecule has 0 spiro atoms. The number of hydrogen-bond acceptors (Lipinski definition) is 4. The smallest absolute Gasteiger partial charge is 0.240 e. The van der Waals surface area contributed by atoms with Crippen LogP contribution in [0.25, 0.3) is 0 Å². The van der Waals surface area contributed by atoms with Crippen LogP contribution >= 0.6 is 0 Å². The number of amides is 1. The van der Waals surface area contributed by atoms with Crippen molar-refractivity contribution in [2.75, 3.05) is 6.54 Å². The number of sulfonamides is 1. The van der Waals surface area contributed by atoms with Gasteiger partial charge in [-0.2, -0.15) is 0 Å². The van der Waals surface area contributed by atoms with E-state index in [-0.39, 0.29) is 45.4 Å². The first-order valence-electron chi connectivity index (χ1n) is 12.3. The first-order valence-corrected chi connectivity index (χ1v) is 13.8. The monoisotopic (exact) mass is 500 g/mol. The number of hydrogen-bond donors (Lipinski definition) is 2. The van der Waals surface area contributed by atoms with Gasteiger partial charge in [0, 0.05) is 30.0 Å². The molecule has 8 heteroatoms. The van der Waals surface area contributed by atoms with E-state index < -0.39 is 15.8 Å². The molecule has 3 aliphatic rings. The highest BCUT2D eigenvalue weighted by atomic mass is 32.2. The van der Waals surface area contributed by atoms with Gasteiger partial charge in [-0.25, -0.2) is 17.5 Å². The van der Waals surface area contributed by atoms with Gasteiger partial charge in [0.2, 0.25) is 15.9 Å². The van der Waals surface area contributed by atoms with Crippen LogP contribution in [0.2, 0.25) is 0 Å². The van der Waals surface area contributed by atoms with E-state index >= 15 is 0 Å². The van der Waals surface area contributed by atoms with Gasteiger partial charge in [0.1, 0.15) is 11.6 Å². The van der Waals surface area contributed by atoms with Crippen molar-refractivity contribution in [2.45, 2.75) is 75.3 Å². The van der Waals surface area contributed by atoms with Gasteiger partial charge < -0.3 is 10.0 Å². The van der Waals surface area contributed by atoms with Crippen LogP contribution in [0.15, 0.2) is 47.4 Å². The van der Waals surface area contributed by atoms with Gasteiger partial charge in [0.25, 0.3) is 0 Å². The lowest BCUT2D eigenvalue weighted by Crippen LogP contribution is -2.65. The molecule has 1 aliphatic heterocycles. The number of phenols is 1. The highest BCUT2D eigenvalue weighted by molar-refractivity contribution is 7.89. The second-order valence-corrected chi connectivity index (χ2v) is 12.9. The normalized spacial score (nSPS) is 29.6. The molecule has 2 N–H and O–H groups in total. The van der Waals surface area contributed by atoms with Crippen molar-refractivity contribution in [3.8, 4) is 5.75 Å². The lowest BCUT2D eigenvalue weighted by atomic mass is 9.51. The Morgan fingerprint density at radius 1 is 1.14 bits per heavy atom. The second-order valence-electron chi connectivity index (χ2n) is 11.1. The molecule has 1 heterocycles. The van der Waals surface area contributed by atoms with Crippen molar-refractivity contribution in [3.63, 3.8) is 0 Å². The van der Waals surface area contributed by atoms with Gasteiger partial charge in [-0.05, 0) is 72.9 Å². The molecule has 2 unspecified atom stereocenters. The van der Waals surface area contributed by atoms with E-state index in [4.69, 9.17) is 0 Å². The zero-order valence-electron chi connectivity index (χ0n) is 20.4. The Balaban J connectivity index is 1.33. The van der Waals surface area contributed by atoms with Crippen molar-refractivity contribution in [1.29, 1.82) is 0 Å². The minimum Gasteiger partial charge on any atom is -0.508 e. The average molecular weight is 501 g/mol. The molecular formula is C27H33FN2O4S. The van der Waals surface area contributed by atoms with E-state index in [1.165, 1.54) is 23.8 Å². The SMILES string of the molecule is CC1(C)[C@H]2Cc3c(O)cccc3[C@]1(C)CCN2C(=O)C1CCC(NS(=O)(=O)c2cccc(F)c2)C1. The molecule has 0 aromatic heterocycles. The predicted octanol–water partition coefficient (Wildman–Crippen LogP) is 4.12. The molecule has 2 aromatic carbocycles. The number of nitrogens with zero attached hydrogens (tertiary/aromatic N) is 1. The zero-order chi connectivity index (χ0) is 25.2. The van der Waals surface area contributed by atoms with Crippen LogP contribution in [0.4, 0.5) is 4.39 Å². The Morgan fingerprint density at radius 2 is 1.89 bits per heavy atom. The van der Waals surface area contributed by atoms with Crippen LogP contribution in [0, 0.1) is 17.2 Å². The fraction of sp³-hybridized carbons (Fsp3) is 0.519. The Bertz CT molecular complexity index is 1280. The number of halogens is 1. The van der Waals surface area contributed by atoms with E-state index in [0.717, 1.165) is 18.1 Å². The van der Waals surface area contributed by atoms with E-state index in [1.807, 2.05) is 11.0 Å². The van der Waals surface area contributed by atoms with Crippen molar-refractivity contribution in [1.82, 2.24) is 9.62 Å². The third-order valence-electron chi connectivity index (χ3n) is 9.12. The van der Waals surface area contributed by atoms with E-state index in [0.29, 0.717) is 32.2 Å². The third-order valence-corrected chi connectivity index (χ3v) is 10.6. The van der Waals surface area contributed by atoms with E-state index in [1.54, 1.807) is 6.07 Å². The molecule has 2 aromatic rings. The van der Waals surface area contributed by atoms with Gasteiger partial charge in [-0.3, -0.25) is 4.79 Å². The summed E-state index contributed by atoms with van der Waals surface area (Å²) in [5, 5.41) is 10.6. The fourth-order valence-corrected chi connectivity index (χ4v) is 7.97. The van der Waals surface area contributed by atoms with Crippen LogP contribution in [0.3, 0.4) is 0 Å². The predicted molar refractivity (Wildman–Crippen MR) is 131 cm³/mol. The number of benzene rings is 2. The van der Waals surface area contributed by atoms with Gasteiger partial charge in [0.05, 0.1) is 4.90 Å². The summed E-state index contributed by atoms with van der Waals surface area (Å²) in [5.41, 5.74) is 1.78. The summed E-state index contributed by atoms with van der Waals surface area (Å²) in [6, 6.07) is 10.3. The van der Waals surface area contributed by atoms with E-state index in [2.05, 4.69) is 31.6 Å². The van der Waals surface area contributed by atoms with Gasteiger partial charge in [-0.15, -0.1) is 0 Å². The summed E-state index contributed by atoms with van der Waals surface area (Å²) >= 11 is 0. The minimum absolute atomic E-state index is 0.0439. The third kappa shape index (κ3) is 3.85. The molecule has 0 radical (unpaired) electrons. The molecule has 2 fully saturated rings. The molecule has 2 aliphatic carbocycles. The zero-order valence-corrected chi connectivity index (χ0v) is 21.2. The molecule has 1 saturated carbocycles. The Kier molecular flexibility index (Phi) is 5.75. The lowest BCUT2D eigenvalue weighted by Gasteiger charge is -2.61. The van der Waals surface area contributed by atoms with Crippen LogP contribution in [-0.2, 0) is 26.7 Å². The highest BCUT2D eigenvalue weighted by Gasteiger charge is 2.57. The number of nitrogens with one attached hydrogen (secondary N) is 1. The molecule has 188 valence electrons. The molecular weight excluding hydrogens is 467 g/mol. The maximum absolute atomic E-state index is 13.8. The number of piperidine rings is 1. The summed E-state index contributed by atoms with van der Waals surface area (Å²) in [7, 11) is -3.86. The molecule has 35 heavy (non-hydrogen) atoms. The van der Waals surface area contributed by atoms with Crippen molar-refractivity contribution in [3.05, 3.63) is 59.4 Å². The molecule has 6 nitrogen and oxygen atoms in total. The summed E-state index contributed by atoms with van der Waals surface area (Å²) < 4.78 is 41.7. The number of rotatable bonds is 4. The molecule has 4 atom stereocenters. The van der Waals surface area contributed by atoms with Crippen molar-refractivity contribution >= 4 is 15.9 Å². The van der Waals surface area contributed by atoms with Crippen molar-refractivity contribution < 1.29 is 22.7 Å². The van der Waals surface area contributed by atoms with Crippen LogP contribution in [0.1, 0.15) is 57.6 Å². The number of carbonyl (C=O) groups excluding carboxylic acids is 1. The summed E-state index contributed by atoms with van der Waals surface area (Å²) in [6.45, 7) is 7.32. The first-order chi connectivity index (χ1) is 16.4. The van der Waals surface area contributed by atoms with E-state index in [9.17, 15) is 22.7 Å². The molecule has 1 amide bonds. The minimum atomic E-state index is -3.86. The standard InChI is InChI=1S/C27H33FN2O4S/c1-26(2)24-16-21-22(8-5-9-23(21)31)27(26,3)12-13-30(24)25(32)17-10-11-19(14-17)29-35(33,34)20-7-4-6-18(28)15-20/h4-9,15,17,19,24,29,31H,10-14,16H2,1-3H3/t17?,19?,24-,27+/m1/s1. The summed E-state index contributed by atoms with van der Waals surface area (Å²) in [6.07, 6.45) is 3.02. The number of carbonyl (C=O) groups is 1. The Morgan fingerprint density at radius 3 is 2.63 bits per heavy atom. The van der Waals surface area contributed by atoms with Crippen molar-refractivity contribution in [2.24, 2.45) is 11.3 Å². The Labute approximate surface area is 206 Å². The topological polar surface area (TPSA) is 86.7 Å². The molecule has 2 bridgehead atoms. The summed E-state index contributed by atoms with van der Waals surface area (Å²) in [5.74, 6) is -0.513. The number of aromatic hydroxyl groups is 1. The maximum atomic E-state index is 13.8. The van der Waals surface area contributed by atoms with Gasteiger partial charge in [0.15, 0.2) is 0 Å². The van der Waals surface area contributed by atoms with Crippen LogP contribution in [0.5, 0.6) is 5.75 Å². The largest absolute Gasteiger partial charge is 0.508 e. The maximum Gasteiger partial charge on any atom is 0.240 e. The molecule has 5 rings (SSSR count). The van der Waals surface area contributed by atoms with Crippen LogP contribution < -0.4 is 4.72 Å². The first kappa shape index (κ1) is 24.3. The second kappa shape index (κ2) is 8.30. The highest BCUT2D eigenvalue weighted by Crippen LogP contribution is 2.57. The number of phenolic OH excluding ortho intramolecular Hbond substituents is 1. The lowest BCUT2D eigenvalue weighted by molar-refractivity contribution is -0.148. The van der Waals surface area contributed by atoms with Crippen LogP contribution in [-0.4, -0.2) is 43.0 Å². The number of likely N-dealkylation sites (tertiary alicyclic amines) is 1. The number of fused-ring (bicyclic) bond motifs is 4. The summed E-state index contributed by atoms with van der Waals surface area (Å²) in [4.78, 5) is 15.6. The fourth-order valence-electron chi connectivity index (χ4n) is 6.66. The average Bonchev–Trinajstić information content (AvgIpc) is 3.24. The molecule has 1 saturated heterocycles. The quantitative estimate of drug-likeness (QED) is 0.661.